The number of benzene rings is 2. The number of aryl methyl sites for hydroxylation is 1. The lowest BCUT2D eigenvalue weighted by Gasteiger charge is -2.07. The van der Waals surface area contributed by atoms with E-state index in [1.165, 1.54) is 12.1 Å². The number of carbonyl (C=O) groups is 1. The van der Waals surface area contributed by atoms with Gasteiger partial charge in [-0.1, -0.05) is 23.8 Å². The molecule has 5 nitrogen and oxygen atoms in total. The number of rotatable bonds is 7. The van der Waals surface area contributed by atoms with Crippen LogP contribution >= 0.6 is 0 Å². The van der Waals surface area contributed by atoms with Crippen LogP contribution in [0.4, 0.5) is 4.39 Å². The van der Waals surface area contributed by atoms with E-state index in [2.05, 4.69) is 0 Å². The summed E-state index contributed by atoms with van der Waals surface area (Å²) in [6.07, 6.45) is 0.138. The first-order valence-corrected chi connectivity index (χ1v) is 9.34. The van der Waals surface area contributed by atoms with Crippen molar-refractivity contribution in [3.63, 3.8) is 0 Å². The van der Waals surface area contributed by atoms with E-state index in [1.54, 1.807) is 24.3 Å². The first-order valence-electron chi connectivity index (χ1n) is 7.69. The molecule has 134 valence electrons. The lowest BCUT2D eigenvalue weighted by molar-refractivity contribution is 0.0505. The third kappa shape index (κ3) is 5.11. The van der Waals surface area contributed by atoms with Crippen LogP contribution in [-0.2, 0) is 21.2 Å². The minimum absolute atomic E-state index is 0.0103. The Labute approximate surface area is 146 Å². The Morgan fingerprint density at radius 3 is 2.44 bits per heavy atom. The molecule has 0 aliphatic carbocycles. The zero-order valence-electron chi connectivity index (χ0n) is 13.7. The van der Waals surface area contributed by atoms with Crippen molar-refractivity contribution in [1.82, 2.24) is 0 Å². The summed E-state index contributed by atoms with van der Waals surface area (Å²) < 4.78 is 42.8. The molecule has 0 radical (unpaired) electrons. The molecule has 2 rings (SSSR count). The smallest absolute Gasteiger partial charge is 0.338 e. The third-order valence-corrected chi connectivity index (χ3v) is 5.45. The second-order valence-corrected chi connectivity index (χ2v) is 7.69. The number of esters is 1. The largest absolute Gasteiger partial charge is 0.462 e. The lowest BCUT2D eigenvalue weighted by atomic mass is 10.1. The highest BCUT2D eigenvalue weighted by Crippen LogP contribution is 2.14. The SMILES string of the molecule is Cc1ccc(S(=O)(=O)CCCOC(=O)c2ccc(CO)c(F)c2)cc1. The summed E-state index contributed by atoms with van der Waals surface area (Å²) in [7, 11) is -3.43. The van der Waals surface area contributed by atoms with Gasteiger partial charge in [0, 0.05) is 5.56 Å². The number of hydrogen-bond donors (Lipinski definition) is 1. The van der Waals surface area contributed by atoms with Crippen LogP contribution in [0.3, 0.4) is 0 Å². The molecule has 0 heterocycles. The van der Waals surface area contributed by atoms with Crippen molar-refractivity contribution in [2.24, 2.45) is 0 Å². The molecule has 1 N–H and O–H groups in total. The van der Waals surface area contributed by atoms with Crippen LogP contribution in [0.25, 0.3) is 0 Å². The van der Waals surface area contributed by atoms with E-state index in [1.807, 2.05) is 6.92 Å². The quantitative estimate of drug-likeness (QED) is 0.602. The molecule has 0 saturated carbocycles. The molecule has 0 spiro atoms. The minimum atomic E-state index is -3.43. The van der Waals surface area contributed by atoms with Gasteiger partial charge < -0.3 is 9.84 Å². The van der Waals surface area contributed by atoms with Crippen molar-refractivity contribution in [2.45, 2.75) is 24.8 Å². The molecular weight excluding hydrogens is 347 g/mol. The number of halogens is 1. The molecule has 0 fully saturated rings. The second kappa shape index (κ2) is 8.22. The van der Waals surface area contributed by atoms with E-state index in [9.17, 15) is 17.6 Å². The fourth-order valence-corrected chi connectivity index (χ4v) is 3.45. The van der Waals surface area contributed by atoms with Gasteiger partial charge in [-0.2, -0.15) is 0 Å². The van der Waals surface area contributed by atoms with Crippen molar-refractivity contribution in [3.05, 3.63) is 65.0 Å². The zero-order chi connectivity index (χ0) is 18.4. The molecule has 0 aliphatic heterocycles. The van der Waals surface area contributed by atoms with Gasteiger partial charge in [0.05, 0.1) is 29.4 Å². The van der Waals surface area contributed by atoms with E-state index in [0.29, 0.717) is 0 Å². The fraction of sp³-hybridized carbons (Fsp3) is 0.278. The van der Waals surface area contributed by atoms with Gasteiger partial charge in [0.25, 0.3) is 0 Å². The summed E-state index contributed by atoms with van der Waals surface area (Å²) in [6.45, 7) is 1.32. The summed E-state index contributed by atoms with van der Waals surface area (Å²) in [6, 6.07) is 10.2. The van der Waals surface area contributed by atoms with Gasteiger partial charge in [0.2, 0.25) is 0 Å². The van der Waals surface area contributed by atoms with Crippen molar-refractivity contribution in [2.75, 3.05) is 12.4 Å². The molecule has 0 amide bonds. The number of aliphatic hydroxyl groups is 1. The molecule has 0 saturated heterocycles. The highest BCUT2D eigenvalue weighted by atomic mass is 32.2. The van der Waals surface area contributed by atoms with Gasteiger partial charge in [0.1, 0.15) is 5.82 Å². The van der Waals surface area contributed by atoms with E-state index >= 15 is 0 Å². The van der Waals surface area contributed by atoms with Gasteiger partial charge in [-0.3, -0.25) is 0 Å². The van der Waals surface area contributed by atoms with Crippen LogP contribution in [0.15, 0.2) is 47.4 Å². The van der Waals surface area contributed by atoms with Crippen LogP contribution in [-0.4, -0.2) is 31.9 Å². The molecule has 2 aromatic carbocycles. The summed E-state index contributed by atoms with van der Waals surface area (Å²) in [5, 5.41) is 8.89. The van der Waals surface area contributed by atoms with Gasteiger partial charge in [-0.25, -0.2) is 17.6 Å². The first kappa shape index (κ1) is 19.1. The number of sulfone groups is 1. The minimum Gasteiger partial charge on any atom is -0.462 e. The maximum Gasteiger partial charge on any atom is 0.338 e. The summed E-state index contributed by atoms with van der Waals surface area (Å²) in [5.41, 5.74) is 1.06. The zero-order valence-corrected chi connectivity index (χ0v) is 14.6. The summed E-state index contributed by atoms with van der Waals surface area (Å²) >= 11 is 0. The van der Waals surface area contributed by atoms with Gasteiger partial charge >= 0.3 is 5.97 Å². The van der Waals surface area contributed by atoms with E-state index < -0.39 is 28.2 Å². The standard InChI is InChI=1S/C18H19FO5S/c1-13-3-7-16(8-4-13)25(22,23)10-2-9-24-18(21)14-5-6-15(12-20)17(19)11-14/h3-8,11,20H,2,9-10,12H2,1H3. The third-order valence-electron chi connectivity index (χ3n) is 3.63. The molecule has 25 heavy (non-hydrogen) atoms. The molecule has 0 bridgehead atoms. The van der Waals surface area contributed by atoms with Gasteiger partial charge in [-0.05, 0) is 37.6 Å². The fourth-order valence-electron chi connectivity index (χ4n) is 2.16. The number of carbonyl (C=O) groups excluding carboxylic acids is 1. The van der Waals surface area contributed by atoms with Crippen molar-refractivity contribution in [3.8, 4) is 0 Å². The Hall–Kier alpha value is -2.25. The van der Waals surface area contributed by atoms with Crippen LogP contribution in [0.5, 0.6) is 0 Å². The molecule has 0 aromatic heterocycles. The summed E-state index contributed by atoms with van der Waals surface area (Å²) in [4.78, 5) is 12.1. The number of ether oxygens (including phenoxy) is 1. The highest BCUT2D eigenvalue weighted by molar-refractivity contribution is 7.91. The second-order valence-electron chi connectivity index (χ2n) is 5.59. The molecule has 0 atom stereocenters. The van der Waals surface area contributed by atoms with Crippen LogP contribution in [0.2, 0.25) is 0 Å². The lowest BCUT2D eigenvalue weighted by Crippen LogP contribution is -2.12. The number of hydrogen-bond acceptors (Lipinski definition) is 5. The predicted octanol–water partition coefficient (Wildman–Crippen LogP) is 2.65. The van der Waals surface area contributed by atoms with Crippen molar-refractivity contribution >= 4 is 15.8 Å². The van der Waals surface area contributed by atoms with E-state index in [4.69, 9.17) is 9.84 Å². The Kier molecular flexibility index (Phi) is 6.27. The Bertz CT molecular complexity index is 844. The Balaban J connectivity index is 1.87. The van der Waals surface area contributed by atoms with Crippen molar-refractivity contribution in [1.29, 1.82) is 0 Å². The average molecular weight is 366 g/mol. The average Bonchev–Trinajstić information content (AvgIpc) is 2.59. The Morgan fingerprint density at radius 1 is 1.16 bits per heavy atom. The molecular formula is C18H19FO5S. The molecule has 7 heteroatoms. The predicted molar refractivity (Wildman–Crippen MR) is 90.5 cm³/mol. The topological polar surface area (TPSA) is 80.7 Å². The normalized spacial score (nSPS) is 11.3. The first-order chi connectivity index (χ1) is 11.8. The van der Waals surface area contributed by atoms with E-state index in [-0.39, 0.29) is 34.8 Å². The summed E-state index contributed by atoms with van der Waals surface area (Å²) in [5.74, 6) is -1.59. The molecule has 2 aromatic rings. The maximum absolute atomic E-state index is 13.5. The maximum atomic E-state index is 13.5. The van der Waals surface area contributed by atoms with Crippen molar-refractivity contribution < 1.29 is 27.4 Å². The van der Waals surface area contributed by atoms with Crippen LogP contribution < -0.4 is 0 Å². The monoisotopic (exact) mass is 366 g/mol. The van der Waals surface area contributed by atoms with E-state index in [0.717, 1.165) is 11.6 Å². The number of aliphatic hydroxyl groups excluding tert-OH is 1. The molecule has 0 aliphatic rings. The molecule has 0 unspecified atom stereocenters. The highest BCUT2D eigenvalue weighted by Gasteiger charge is 2.15. The van der Waals surface area contributed by atoms with Gasteiger partial charge in [0.15, 0.2) is 9.84 Å². The van der Waals surface area contributed by atoms with Crippen LogP contribution in [0.1, 0.15) is 27.9 Å². The van der Waals surface area contributed by atoms with Crippen LogP contribution in [0, 0.1) is 12.7 Å². The Morgan fingerprint density at radius 2 is 1.84 bits per heavy atom. The van der Waals surface area contributed by atoms with Gasteiger partial charge in [-0.15, -0.1) is 0 Å².